The number of hydrogen-bond acceptors (Lipinski definition) is 9. The van der Waals surface area contributed by atoms with E-state index in [1.807, 2.05) is 51.1 Å². The van der Waals surface area contributed by atoms with Gasteiger partial charge in [-0.2, -0.15) is 0 Å². The standard InChI is InChI=1S/C37H48N4O7/c1-25-31(42)20-32(43)33(34(25)47-24-27-9-7-6-8-10-27)35(44)41-22-29-12-11-28(19-30(29)23-41)21-40-15-13-39(14-16-40)17-18-46-26(2)48-36(45)38-37(3,4)5/h6-12,19-20,26,42-43H,13-18,21-24H2,1-5H3,(H,38,45). The molecule has 0 spiro atoms. The third kappa shape index (κ3) is 9.18. The third-order valence-corrected chi connectivity index (χ3v) is 8.58. The normalized spacial score (nSPS) is 16.0. The number of ether oxygens (including phenoxy) is 3. The first-order valence-corrected chi connectivity index (χ1v) is 16.5. The van der Waals surface area contributed by atoms with Crippen molar-refractivity contribution in [3.63, 3.8) is 0 Å². The molecule has 2 aliphatic rings. The van der Waals surface area contributed by atoms with Gasteiger partial charge in [-0.15, -0.1) is 0 Å². The maximum Gasteiger partial charge on any atom is 0.409 e. The highest BCUT2D eigenvalue weighted by atomic mass is 16.7. The molecule has 1 atom stereocenters. The highest BCUT2D eigenvalue weighted by Crippen LogP contribution is 2.40. The van der Waals surface area contributed by atoms with E-state index in [-0.39, 0.29) is 40.9 Å². The fourth-order valence-corrected chi connectivity index (χ4v) is 5.99. The average molecular weight is 661 g/mol. The summed E-state index contributed by atoms with van der Waals surface area (Å²) < 4.78 is 17.0. The van der Waals surface area contributed by atoms with Crippen LogP contribution in [0, 0.1) is 6.92 Å². The molecule has 2 heterocycles. The maximum absolute atomic E-state index is 13.8. The molecule has 2 aliphatic heterocycles. The lowest BCUT2D eigenvalue weighted by molar-refractivity contribution is -0.0971. The van der Waals surface area contributed by atoms with E-state index >= 15 is 0 Å². The predicted octanol–water partition coefficient (Wildman–Crippen LogP) is 5.15. The van der Waals surface area contributed by atoms with Crippen molar-refractivity contribution in [3.05, 3.63) is 88.0 Å². The lowest BCUT2D eigenvalue weighted by Gasteiger charge is -2.34. The Hall–Kier alpha value is -4.32. The molecule has 258 valence electrons. The number of phenolic OH excluding ortho intramolecular Hbond substituents is 2. The predicted molar refractivity (Wildman–Crippen MR) is 182 cm³/mol. The minimum absolute atomic E-state index is 0.0607. The molecule has 1 fully saturated rings. The summed E-state index contributed by atoms with van der Waals surface area (Å²) in [5.74, 6) is -0.585. The van der Waals surface area contributed by atoms with Crippen LogP contribution in [-0.2, 0) is 35.7 Å². The van der Waals surface area contributed by atoms with Crippen molar-refractivity contribution in [2.24, 2.45) is 0 Å². The smallest absolute Gasteiger partial charge is 0.409 e. The molecular formula is C37H48N4O7. The number of amides is 2. The number of carbonyl (C=O) groups excluding carboxylic acids is 2. The van der Waals surface area contributed by atoms with Gasteiger partial charge in [-0.05, 0) is 56.9 Å². The first-order valence-electron chi connectivity index (χ1n) is 16.5. The van der Waals surface area contributed by atoms with E-state index in [9.17, 15) is 19.8 Å². The minimum atomic E-state index is -0.620. The van der Waals surface area contributed by atoms with E-state index in [1.54, 1.807) is 18.7 Å². The molecule has 3 aromatic carbocycles. The molecule has 3 aromatic rings. The largest absolute Gasteiger partial charge is 0.507 e. The van der Waals surface area contributed by atoms with Gasteiger partial charge in [0.2, 0.25) is 6.29 Å². The number of phenols is 2. The number of benzene rings is 3. The molecular weight excluding hydrogens is 612 g/mol. The molecule has 0 radical (unpaired) electrons. The van der Waals surface area contributed by atoms with Crippen molar-refractivity contribution in [1.29, 1.82) is 0 Å². The van der Waals surface area contributed by atoms with Gasteiger partial charge in [-0.25, -0.2) is 4.79 Å². The highest BCUT2D eigenvalue weighted by Gasteiger charge is 2.31. The van der Waals surface area contributed by atoms with Crippen LogP contribution < -0.4 is 10.1 Å². The summed E-state index contributed by atoms with van der Waals surface area (Å²) in [6, 6.07) is 17.1. The molecule has 11 nitrogen and oxygen atoms in total. The third-order valence-electron chi connectivity index (χ3n) is 8.58. The molecule has 3 N–H and O–H groups in total. The van der Waals surface area contributed by atoms with Crippen LogP contribution in [0.1, 0.15) is 65.9 Å². The van der Waals surface area contributed by atoms with Gasteiger partial charge in [0, 0.05) is 69.5 Å². The van der Waals surface area contributed by atoms with Gasteiger partial charge in [-0.1, -0.05) is 48.5 Å². The lowest BCUT2D eigenvalue weighted by Crippen LogP contribution is -2.47. The monoisotopic (exact) mass is 660 g/mol. The van der Waals surface area contributed by atoms with Crippen LogP contribution in [0.3, 0.4) is 0 Å². The van der Waals surface area contributed by atoms with Crippen molar-refractivity contribution < 1.29 is 34.0 Å². The highest BCUT2D eigenvalue weighted by molar-refractivity contribution is 6.00. The van der Waals surface area contributed by atoms with Gasteiger partial charge < -0.3 is 34.6 Å². The van der Waals surface area contributed by atoms with Gasteiger partial charge in [0.1, 0.15) is 29.4 Å². The Bertz CT molecular complexity index is 1580. The number of nitrogens with one attached hydrogen (secondary N) is 1. The van der Waals surface area contributed by atoms with E-state index < -0.39 is 12.4 Å². The Morgan fingerprint density at radius 3 is 2.29 bits per heavy atom. The molecule has 0 bridgehead atoms. The van der Waals surface area contributed by atoms with Crippen molar-refractivity contribution in [1.82, 2.24) is 20.0 Å². The molecule has 0 aromatic heterocycles. The number of aromatic hydroxyl groups is 2. The number of nitrogens with zero attached hydrogens (tertiary/aromatic N) is 3. The van der Waals surface area contributed by atoms with Gasteiger partial charge in [0.25, 0.3) is 5.91 Å². The van der Waals surface area contributed by atoms with Crippen LogP contribution in [0.15, 0.2) is 54.6 Å². The molecule has 0 aliphatic carbocycles. The van der Waals surface area contributed by atoms with Crippen LogP contribution >= 0.6 is 0 Å². The zero-order valence-electron chi connectivity index (χ0n) is 28.6. The van der Waals surface area contributed by atoms with Crippen LogP contribution in [0.5, 0.6) is 17.2 Å². The zero-order chi connectivity index (χ0) is 34.4. The van der Waals surface area contributed by atoms with Crippen LogP contribution in [-0.4, -0.2) is 88.1 Å². The fraction of sp³-hybridized carbons (Fsp3) is 0.459. The van der Waals surface area contributed by atoms with E-state index in [0.29, 0.717) is 25.3 Å². The summed E-state index contributed by atoms with van der Waals surface area (Å²) in [5.41, 5.74) is 4.37. The van der Waals surface area contributed by atoms with Gasteiger partial charge >= 0.3 is 6.09 Å². The van der Waals surface area contributed by atoms with Crippen LogP contribution in [0.4, 0.5) is 4.79 Å². The summed E-state index contributed by atoms with van der Waals surface area (Å²) in [5, 5.41) is 24.0. The second-order valence-corrected chi connectivity index (χ2v) is 13.6. The van der Waals surface area contributed by atoms with E-state index in [2.05, 4.69) is 33.3 Å². The van der Waals surface area contributed by atoms with Crippen molar-refractivity contribution in [2.75, 3.05) is 39.3 Å². The second kappa shape index (κ2) is 15.3. The van der Waals surface area contributed by atoms with E-state index in [0.717, 1.165) is 56.0 Å². The maximum atomic E-state index is 13.8. The SMILES string of the molecule is Cc1c(O)cc(O)c(C(=O)N2Cc3ccc(CN4CCN(CCOC(C)OC(=O)NC(C)(C)C)CC4)cc3C2)c1OCc1ccccc1. The quantitative estimate of drug-likeness (QED) is 0.240. The number of rotatable bonds is 11. The number of alkyl carbamates (subject to hydrolysis) is 1. The number of hydrogen-bond donors (Lipinski definition) is 3. The number of carbonyl (C=O) groups is 2. The van der Waals surface area contributed by atoms with Crippen molar-refractivity contribution in [2.45, 2.75) is 72.7 Å². The zero-order valence-corrected chi connectivity index (χ0v) is 28.6. The Labute approximate surface area is 283 Å². The molecule has 11 heteroatoms. The van der Waals surface area contributed by atoms with E-state index in [4.69, 9.17) is 14.2 Å². The Balaban J connectivity index is 1.11. The molecule has 1 unspecified atom stereocenters. The van der Waals surface area contributed by atoms with Crippen molar-refractivity contribution >= 4 is 12.0 Å². The summed E-state index contributed by atoms with van der Waals surface area (Å²) >= 11 is 0. The first-order chi connectivity index (χ1) is 22.9. The second-order valence-electron chi connectivity index (χ2n) is 13.6. The number of piperazine rings is 1. The van der Waals surface area contributed by atoms with Gasteiger partial charge in [-0.3, -0.25) is 14.6 Å². The minimum Gasteiger partial charge on any atom is -0.507 e. The Kier molecular flexibility index (Phi) is 11.1. The Morgan fingerprint density at radius 1 is 0.896 bits per heavy atom. The molecule has 0 saturated carbocycles. The van der Waals surface area contributed by atoms with E-state index in [1.165, 1.54) is 11.6 Å². The average Bonchev–Trinajstić information content (AvgIpc) is 3.46. The molecule has 48 heavy (non-hydrogen) atoms. The van der Waals surface area contributed by atoms with Crippen molar-refractivity contribution in [3.8, 4) is 17.2 Å². The summed E-state index contributed by atoms with van der Waals surface area (Å²) in [4.78, 5) is 32.2. The Morgan fingerprint density at radius 2 is 1.58 bits per heavy atom. The lowest BCUT2D eigenvalue weighted by atomic mass is 10.1. The summed E-state index contributed by atoms with van der Waals surface area (Å²) in [6.07, 6.45) is -1.11. The first kappa shape index (κ1) is 35.0. The topological polar surface area (TPSA) is 124 Å². The van der Waals surface area contributed by atoms with Crippen LogP contribution in [0.25, 0.3) is 0 Å². The summed E-state index contributed by atoms with van der Waals surface area (Å²) in [7, 11) is 0. The van der Waals surface area contributed by atoms with Gasteiger partial charge in [0.15, 0.2) is 0 Å². The van der Waals surface area contributed by atoms with Gasteiger partial charge in [0.05, 0.1) is 6.61 Å². The van der Waals surface area contributed by atoms with Crippen LogP contribution in [0.2, 0.25) is 0 Å². The fourth-order valence-electron chi connectivity index (χ4n) is 5.99. The molecule has 2 amide bonds. The molecule has 5 rings (SSSR count). The summed E-state index contributed by atoms with van der Waals surface area (Å²) in [6.45, 7) is 15.9. The molecule has 1 saturated heterocycles. The number of fused-ring (bicyclic) bond motifs is 1.